The van der Waals surface area contributed by atoms with Gasteiger partial charge in [0, 0.05) is 18.3 Å². The molecule has 2 aromatic rings. The topological polar surface area (TPSA) is 55.2 Å². The van der Waals surface area contributed by atoms with Gasteiger partial charge in [0.15, 0.2) is 0 Å². The molecule has 0 saturated carbocycles. The van der Waals surface area contributed by atoms with Crippen molar-refractivity contribution in [1.29, 1.82) is 0 Å². The number of benzene rings is 2. The third-order valence-electron chi connectivity index (χ3n) is 3.84. The molecule has 0 radical (unpaired) electrons. The number of nitro groups is 1. The molecule has 0 atom stereocenters. The van der Waals surface area contributed by atoms with Gasteiger partial charge in [-0.05, 0) is 64.0 Å². The summed E-state index contributed by atoms with van der Waals surface area (Å²) in [4.78, 5) is 10.6. The van der Waals surface area contributed by atoms with Gasteiger partial charge >= 0.3 is 0 Å². The molecule has 0 unspecified atom stereocenters. The van der Waals surface area contributed by atoms with Crippen LogP contribution in [0, 0.1) is 10.1 Å². The Bertz CT molecular complexity index is 701. The zero-order valence-electron chi connectivity index (χ0n) is 11.4. The predicted octanol–water partition coefficient (Wildman–Crippen LogP) is 4.46. The zero-order valence-corrected chi connectivity index (χ0v) is 13.0. The van der Waals surface area contributed by atoms with Gasteiger partial charge < -0.3 is 5.32 Å². The van der Waals surface area contributed by atoms with E-state index in [9.17, 15) is 10.1 Å². The molecule has 0 amide bonds. The van der Waals surface area contributed by atoms with E-state index in [2.05, 4.69) is 39.4 Å². The lowest BCUT2D eigenvalue weighted by atomic mass is 10.1. The van der Waals surface area contributed by atoms with Crippen LogP contribution in [0.2, 0.25) is 0 Å². The third kappa shape index (κ3) is 2.93. The lowest BCUT2D eigenvalue weighted by molar-refractivity contribution is -0.385. The molecule has 3 rings (SSSR count). The molecule has 0 aliphatic heterocycles. The Morgan fingerprint density at radius 3 is 2.81 bits per heavy atom. The summed E-state index contributed by atoms with van der Waals surface area (Å²) in [5.74, 6) is 0. The van der Waals surface area contributed by atoms with Crippen LogP contribution in [0.15, 0.2) is 40.9 Å². The number of anilines is 1. The van der Waals surface area contributed by atoms with E-state index < -0.39 is 0 Å². The minimum absolute atomic E-state index is 0.100. The monoisotopic (exact) mass is 346 g/mol. The van der Waals surface area contributed by atoms with Gasteiger partial charge in [0.25, 0.3) is 5.69 Å². The van der Waals surface area contributed by atoms with Crippen LogP contribution in [-0.2, 0) is 19.4 Å². The van der Waals surface area contributed by atoms with Gasteiger partial charge in [-0.15, -0.1) is 0 Å². The summed E-state index contributed by atoms with van der Waals surface area (Å²) in [6.07, 6.45) is 3.55. The highest BCUT2D eigenvalue weighted by molar-refractivity contribution is 9.10. The first kappa shape index (κ1) is 14.1. The molecular weight excluding hydrogens is 332 g/mol. The minimum atomic E-state index is -0.372. The molecule has 0 aromatic heterocycles. The van der Waals surface area contributed by atoms with Crippen LogP contribution >= 0.6 is 15.9 Å². The van der Waals surface area contributed by atoms with Crippen LogP contribution in [0.5, 0.6) is 0 Å². The fourth-order valence-corrected chi connectivity index (χ4v) is 3.27. The van der Waals surface area contributed by atoms with Gasteiger partial charge in [0.05, 0.1) is 4.92 Å². The fraction of sp³-hybridized carbons (Fsp3) is 0.250. The molecule has 0 fully saturated rings. The SMILES string of the molecule is O=[N+]([O-])c1cccc(CNc2ccc3c(c2)CCC3)c1Br. The summed E-state index contributed by atoms with van der Waals surface area (Å²) in [7, 11) is 0. The average molecular weight is 347 g/mol. The fourth-order valence-electron chi connectivity index (χ4n) is 2.72. The highest BCUT2D eigenvalue weighted by Gasteiger charge is 2.15. The van der Waals surface area contributed by atoms with Gasteiger partial charge in [-0.2, -0.15) is 0 Å². The molecule has 5 heteroatoms. The Labute approximate surface area is 131 Å². The Morgan fingerprint density at radius 1 is 1.19 bits per heavy atom. The maximum atomic E-state index is 10.9. The van der Waals surface area contributed by atoms with Crippen molar-refractivity contribution < 1.29 is 4.92 Å². The molecule has 21 heavy (non-hydrogen) atoms. The van der Waals surface area contributed by atoms with Crippen molar-refractivity contribution in [1.82, 2.24) is 0 Å². The number of hydrogen-bond acceptors (Lipinski definition) is 3. The second-order valence-corrected chi connectivity index (χ2v) is 5.99. The zero-order chi connectivity index (χ0) is 14.8. The van der Waals surface area contributed by atoms with Gasteiger partial charge in [0.2, 0.25) is 0 Å². The van der Waals surface area contributed by atoms with Gasteiger partial charge in [-0.3, -0.25) is 10.1 Å². The first-order chi connectivity index (χ1) is 10.1. The first-order valence-electron chi connectivity index (χ1n) is 6.92. The van der Waals surface area contributed by atoms with E-state index in [4.69, 9.17) is 0 Å². The molecular formula is C16H15BrN2O2. The van der Waals surface area contributed by atoms with E-state index in [0.29, 0.717) is 11.0 Å². The quantitative estimate of drug-likeness (QED) is 0.656. The van der Waals surface area contributed by atoms with E-state index in [1.54, 1.807) is 6.07 Å². The molecule has 4 nitrogen and oxygen atoms in total. The van der Waals surface area contributed by atoms with Crippen molar-refractivity contribution in [2.75, 3.05) is 5.32 Å². The van der Waals surface area contributed by atoms with Gasteiger partial charge in [-0.25, -0.2) is 0 Å². The summed E-state index contributed by atoms with van der Waals surface area (Å²) in [5.41, 5.74) is 4.90. The Hall–Kier alpha value is -1.88. The second kappa shape index (κ2) is 5.85. The molecule has 0 saturated heterocycles. The largest absolute Gasteiger partial charge is 0.381 e. The summed E-state index contributed by atoms with van der Waals surface area (Å²) >= 11 is 3.32. The number of nitrogens with zero attached hydrogens (tertiary/aromatic N) is 1. The van der Waals surface area contributed by atoms with Crippen molar-refractivity contribution in [2.24, 2.45) is 0 Å². The van der Waals surface area contributed by atoms with Crippen molar-refractivity contribution in [3.8, 4) is 0 Å². The van der Waals surface area contributed by atoms with Crippen LogP contribution in [0.3, 0.4) is 0 Å². The summed E-state index contributed by atoms with van der Waals surface area (Å²) in [6, 6.07) is 11.5. The van der Waals surface area contributed by atoms with Gasteiger partial charge in [0.1, 0.15) is 4.47 Å². The van der Waals surface area contributed by atoms with E-state index in [1.165, 1.54) is 30.0 Å². The molecule has 1 N–H and O–H groups in total. The predicted molar refractivity (Wildman–Crippen MR) is 86.6 cm³/mol. The van der Waals surface area contributed by atoms with Crippen molar-refractivity contribution in [3.63, 3.8) is 0 Å². The maximum Gasteiger partial charge on any atom is 0.283 e. The molecule has 0 bridgehead atoms. The lowest BCUT2D eigenvalue weighted by Gasteiger charge is -2.10. The molecule has 0 spiro atoms. The number of aryl methyl sites for hydroxylation is 2. The summed E-state index contributed by atoms with van der Waals surface area (Å²) in [5, 5.41) is 14.3. The van der Waals surface area contributed by atoms with E-state index in [1.807, 2.05) is 6.07 Å². The van der Waals surface area contributed by atoms with E-state index in [0.717, 1.165) is 17.7 Å². The van der Waals surface area contributed by atoms with Crippen molar-refractivity contribution >= 4 is 27.3 Å². The highest BCUT2D eigenvalue weighted by Crippen LogP contribution is 2.29. The van der Waals surface area contributed by atoms with E-state index >= 15 is 0 Å². The number of halogens is 1. The van der Waals surface area contributed by atoms with Crippen LogP contribution in [0.4, 0.5) is 11.4 Å². The maximum absolute atomic E-state index is 10.9. The number of rotatable bonds is 4. The van der Waals surface area contributed by atoms with Crippen molar-refractivity contribution in [3.05, 3.63) is 67.7 Å². The molecule has 108 valence electrons. The Morgan fingerprint density at radius 2 is 2.00 bits per heavy atom. The number of hydrogen-bond donors (Lipinski definition) is 1. The van der Waals surface area contributed by atoms with Gasteiger partial charge in [-0.1, -0.05) is 18.2 Å². The number of fused-ring (bicyclic) bond motifs is 1. The molecule has 1 aliphatic rings. The minimum Gasteiger partial charge on any atom is -0.381 e. The molecule has 1 aliphatic carbocycles. The normalized spacial score (nSPS) is 13.0. The number of nitrogens with one attached hydrogen (secondary N) is 1. The average Bonchev–Trinajstić information content (AvgIpc) is 2.93. The van der Waals surface area contributed by atoms with E-state index in [-0.39, 0.29) is 10.6 Å². The Kier molecular flexibility index (Phi) is 3.92. The molecule has 0 heterocycles. The van der Waals surface area contributed by atoms with Crippen LogP contribution in [0.25, 0.3) is 0 Å². The molecule has 2 aromatic carbocycles. The standard InChI is InChI=1S/C16H15BrN2O2/c17-16-13(5-2-6-15(16)19(20)21)10-18-14-8-7-11-3-1-4-12(11)9-14/h2,5-9,18H,1,3-4,10H2. The second-order valence-electron chi connectivity index (χ2n) is 5.20. The summed E-state index contributed by atoms with van der Waals surface area (Å²) in [6.45, 7) is 0.557. The van der Waals surface area contributed by atoms with Crippen LogP contribution in [-0.4, -0.2) is 4.92 Å². The lowest BCUT2D eigenvalue weighted by Crippen LogP contribution is -2.02. The highest BCUT2D eigenvalue weighted by atomic mass is 79.9. The van der Waals surface area contributed by atoms with Crippen LogP contribution < -0.4 is 5.32 Å². The van der Waals surface area contributed by atoms with Crippen molar-refractivity contribution in [2.45, 2.75) is 25.8 Å². The Balaban J connectivity index is 1.76. The third-order valence-corrected chi connectivity index (χ3v) is 4.75. The first-order valence-corrected chi connectivity index (χ1v) is 7.72. The van der Waals surface area contributed by atoms with Crippen LogP contribution in [0.1, 0.15) is 23.1 Å². The summed E-state index contributed by atoms with van der Waals surface area (Å²) < 4.78 is 0.545. The number of nitro benzene ring substituents is 1. The smallest absolute Gasteiger partial charge is 0.283 e.